The van der Waals surface area contributed by atoms with Crippen LogP contribution >= 0.6 is 0 Å². The number of hydrogen-bond donors (Lipinski definition) is 1. The van der Waals surface area contributed by atoms with Gasteiger partial charge in [-0.15, -0.1) is 0 Å². The lowest BCUT2D eigenvalue weighted by Crippen LogP contribution is -2.41. The van der Waals surface area contributed by atoms with Gasteiger partial charge in [0.2, 0.25) is 0 Å². The van der Waals surface area contributed by atoms with Gasteiger partial charge < -0.3 is 19.1 Å². The number of ether oxygens (including phenoxy) is 3. The van der Waals surface area contributed by atoms with Crippen LogP contribution in [0.3, 0.4) is 0 Å². The molecule has 0 saturated carbocycles. The van der Waals surface area contributed by atoms with Crippen molar-refractivity contribution in [3.05, 3.63) is 48.5 Å². The molecular weight excluding hydrogens is 532 g/mol. The number of anilines is 1. The van der Waals surface area contributed by atoms with E-state index in [4.69, 9.17) is 14.2 Å². The summed E-state index contributed by atoms with van der Waals surface area (Å²) in [6.07, 6.45) is 5.19. The van der Waals surface area contributed by atoms with E-state index in [-0.39, 0.29) is 28.8 Å². The van der Waals surface area contributed by atoms with Crippen LogP contribution in [0.2, 0.25) is 0 Å². The highest BCUT2D eigenvalue weighted by Crippen LogP contribution is 2.37. The molecule has 10 heteroatoms. The van der Waals surface area contributed by atoms with Gasteiger partial charge in [-0.3, -0.25) is 9.52 Å². The van der Waals surface area contributed by atoms with Crippen LogP contribution in [0.5, 0.6) is 11.5 Å². The minimum absolute atomic E-state index is 0.0911. The zero-order valence-corrected chi connectivity index (χ0v) is 24.8. The van der Waals surface area contributed by atoms with Crippen molar-refractivity contribution in [2.24, 2.45) is 5.92 Å². The topological polar surface area (TPSA) is 111 Å². The van der Waals surface area contributed by atoms with Crippen molar-refractivity contribution in [3.63, 3.8) is 0 Å². The Hall–Kier alpha value is -3.27. The summed E-state index contributed by atoms with van der Waals surface area (Å²) in [5.41, 5.74) is -0.392. The van der Waals surface area contributed by atoms with Crippen LogP contribution in [0.15, 0.2) is 53.4 Å². The average Bonchev–Trinajstić information content (AvgIpc) is 2.90. The summed E-state index contributed by atoms with van der Waals surface area (Å²) in [6, 6.07) is 12.9. The van der Waals surface area contributed by atoms with Crippen LogP contribution in [-0.4, -0.2) is 50.7 Å². The number of nitrogens with zero attached hydrogens (tertiary/aromatic N) is 1. The normalized spacial score (nSPS) is 14.4. The molecule has 1 heterocycles. The molecule has 9 nitrogen and oxygen atoms in total. The number of unbranched alkanes of at least 4 members (excludes halogenated alkanes) is 1. The Morgan fingerprint density at radius 3 is 2.30 bits per heavy atom. The summed E-state index contributed by atoms with van der Waals surface area (Å²) in [4.78, 5) is 26.4. The highest BCUT2D eigenvalue weighted by atomic mass is 32.2. The van der Waals surface area contributed by atoms with Gasteiger partial charge in [-0.05, 0) is 83.1 Å². The van der Waals surface area contributed by atoms with E-state index >= 15 is 0 Å². The molecular formula is C30H42N2O7S. The number of carbonyl (C=O) groups is 2. The number of likely N-dealkylation sites (tertiary alicyclic amines) is 1. The van der Waals surface area contributed by atoms with Gasteiger partial charge >= 0.3 is 12.1 Å². The Bertz CT molecular complexity index is 1220. The predicted octanol–water partition coefficient (Wildman–Crippen LogP) is 6.39. The van der Waals surface area contributed by atoms with Crippen LogP contribution in [0.25, 0.3) is 0 Å². The van der Waals surface area contributed by atoms with Gasteiger partial charge in [0, 0.05) is 19.5 Å². The van der Waals surface area contributed by atoms with Gasteiger partial charge in [0.25, 0.3) is 10.0 Å². The Balaban J connectivity index is 1.56. The molecule has 0 radical (unpaired) electrons. The number of para-hydroxylation sites is 1. The zero-order chi connectivity index (χ0) is 29.2. The maximum atomic E-state index is 13.1. The molecule has 0 unspecified atom stereocenters. The summed E-state index contributed by atoms with van der Waals surface area (Å²) in [7, 11) is -3.94. The van der Waals surface area contributed by atoms with Crippen LogP contribution in [-0.2, 0) is 19.6 Å². The minimum atomic E-state index is -3.94. The maximum absolute atomic E-state index is 13.1. The molecule has 40 heavy (non-hydrogen) atoms. The third kappa shape index (κ3) is 9.73. The fraction of sp³-hybridized carbons (Fsp3) is 0.533. The molecule has 3 rings (SSSR count). The van der Waals surface area contributed by atoms with Crippen molar-refractivity contribution < 1.29 is 32.2 Å². The predicted molar refractivity (Wildman–Crippen MR) is 154 cm³/mol. The van der Waals surface area contributed by atoms with Crippen molar-refractivity contribution >= 4 is 27.8 Å². The molecule has 0 spiro atoms. The molecule has 0 bridgehead atoms. The SMILES string of the molecule is CCCC(=O)Oc1cccc(OCCCCC2CCN(C(=O)OC(C)(C)C)CC2)c1NS(=O)(=O)c1ccccc1. The molecule has 0 aliphatic carbocycles. The first-order chi connectivity index (χ1) is 19.0. The monoisotopic (exact) mass is 574 g/mol. The van der Waals surface area contributed by atoms with E-state index < -0.39 is 21.6 Å². The van der Waals surface area contributed by atoms with Crippen LogP contribution in [0.4, 0.5) is 10.5 Å². The number of rotatable bonds is 12. The smallest absolute Gasteiger partial charge is 0.410 e. The molecule has 0 aromatic heterocycles. The maximum Gasteiger partial charge on any atom is 0.410 e. The van der Waals surface area contributed by atoms with E-state index in [9.17, 15) is 18.0 Å². The highest BCUT2D eigenvalue weighted by molar-refractivity contribution is 7.92. The van der Waals surface area contributed by atoms with Gasteiger partial charge in [-0.1, -0.05) is 37.6 Å². The minimum Gasteiger partial charge on any atom is -0.491 e. The van der Waals surface area contributed by atoms with E-state index in [1.165, 1.54) is 12.1 Å². The second-order valence-corrected chi connectivity index (χ2v) is 12.7. The largest absolute Gasteiger partial charge is 0.491 e. The third-order valence-electron chi connectivity index (χ3n) is 6.49. The summed E-state index contributed by atoms with van der Waals surface area (Å²) in [5.74, 6) is 0.491. The molecule has 1 N–H and O–H groups in total. The van der Waals surface area contributed by atoms with Crippen molar-refractivity contribution in [3.8, 4) is 11.5 Å². The first-order valence-electron chi connectivity index (χ1n) is 14.0. The Morgan fingerprint density at radius 2 is 1.65 bits per heavy atom. The number of esters is 1. The van der Waals surface area contributed by atoms with E-state index in [0.29, 0.717) is 37.8 Å². The Morgan fingerprint density at radius 1 is 0.975 bits per heavy atom. The number of piperidine rings is 1. The van der Waals surface area contributed by atoms with E-state index in [2.05, 4.69) is 4.72 Å². The molecule has 1 amide bonds. The van der Waals surface area contributed by atoms with E-state index in [0.717, 1.165) is 32.1 Å². The molecule has 1 aliphatic rings. The lowest BCUT2D eigenvalue weighted by Gasteiger charge is -2.33. The summed E-state index contributed by atoms with van der Waals surface area (Å²) in [5, 5.41) is 0. The van der Waals surface area contributed by atoms with Gasteiger partial charge in [-0.2, -0.15) is 0 Å². The molecule has 1 fully saturated rings. The summed E-state index contributed by atoms with van der Waals surface area (Å²) < 4.78 is 45.6. The lowest BCUT2D eigenvalue weighted by molar-refractivity contribution is -0.134. The molecule has 220 valence electrons. The van der Waals surface area contributed by atoms with Crippen molar-refractivity contribution in [1.29, 1.82) is 0 Å². The molecule has 1 aliphatic heterocycles. The molecule has 2 aromatic carbocycles. The lowest BCUT2D eigenvalue weighted by atomic mass is 9.92. The Kier molecular flexibility index (Phi) is 11.2. The summed E-state index contributed by atoms with van der Waals surface area (Å²) in [6.45, 7) is 9.26. The number of benzene rings is 2. The van der Waals surface area contributed by atoms with E-state index in [1.807, 2.05) is 27.7 Å². The van der Waals surface area contributed by atoms with Gasteiger partial charge in [0.15, 0.2) is 5.75 Å². The van der Waals surface area contributed by atoms with E-state index in [1.54, 1.807) is 41.3 Å². The van der Waals surface area contributed by atoms with Crippen molar-refractivity contribution in [2.75, 3.05) is 24.4 Å². The molecule has 2 aromatic rings. The first-order valence-corrected chi connectivity index (χ1v) is 15.5. The van der Waals surface area contributed by atoms with Crippen LogP contribution in [0, 0.1) is 5.92 Å². The number of hydrogen-bond acceptors (Lipinski definition) is 7. The van der Waals surface area contributed by atoms with Crippen molar-refractivity contribution in [1.82, 2.24) is 4.90 Å². The van der Waals surface area contributed by atoms with Crippen LogP contribution in [0.1, 0.15) is 72.6 Å². The third-order valence-corrected chi connectivity index (χ3v) is 7.85. The number of sulfonamides is 1. The van der Waals surface area contributed by atoms with Gasteiger partial charge in [-0.25, -0.2) is 13.2 Å². The average molecular weight is 575 g/mol. The Labute approximate surface area is 238 Å². The first kappa shape index (κ1) is 31.3. The second kappa shape index (κ2) is 14.4. The number of nitrogens with one attached hydrogen (secondary N) is 1. The van der Waals surface area contributed by atoms with Crippen LogP contribution < -0.4 is 14.2 Å². The van der Waals surface area contributed by atoms with Gasteiger partial charge in [0.05, 0.1) is 11.5 Å². The number of amides is 1. The fourth-order valence-corrected chi connectivity index (χ4v) is 5.54. The molecule has 0 atom stereocenters. The highest BCUT2D eigenvalue weighted by Gasteiger charge is 2.27. The number of carbonyl (C=O) groups excluding carboxylic acids is 2. The second-order valence-electron chi connectivity index (χ2n) is 11.0. The quantitative estimate of drug-likeness (QED) is 0.178. The standard InChI is InChI=1S/C30H42N2O7S/c1-5-12-27(33)38-26-17-11-16-25(28(26)31-40(35,36)24-14-7-6-8-15-24)37-22-10-9-13-23-18-20-32(21-19-23)29(34)39-30(2,3)4/h6-8,11,14-17,23,31H,5,9-10,12-13,18-22H2,1-4H3. The molecule has 1 saturated heterocycles. The van der Waals surface area contributed by atoms with Crippen molar-refractivity contribution in [2.45, 2.75) is 83.1 Å². The zero-order valence-electron chi connectivity index (χ0n) is 24.0. The fourth-order valence-electron chi connectivity index (χ4n) is 4.44. The summed E-state index contributed by atoms with van der Waals surface area (Å²) >= 11 is 0. The van der Waals surface area contributed by atoms with Gasteiger partial charge in [0.1, 0.15) is 17.0 Å².